The highest BCUT2D eigenvalue weighted by Crippen LogP contribution is 2.83. The highest BCUT2D eigenvalue weighted by Gasteiger charge is 2.85. The molecule has 3 nitrogen and oxygen atoms in total. The van der Waals surface area contributed by atoms with Crippen LogP contribution < -0.4 is 0 Å². The molecule has 23 heavy (non-hydrogen) atoms. The van der Waals surface area contributed by atoms with Crippen LogP contribution in [0.25, 0.3) is 0 Å². The van der Waals surface area contributed by atoms with Gasteiger partial charge in [-0.2, -0.15) is 0 Å². The minimum Gasteiger partial charge on any atom is -0.413 e. The molecule has 0 radical (unpaired) electrons. The van der Waals surface area contributed by atoms with Gasteiger partial charge in [-0.15, -0.1) is 0 Å². The summed E-state index contributed by atoms with van der Waals surface area (Å²) in [4.78, 5) is 24.2. The van der Waals surface area contributed by atoms with Gasteiger partial charge in [0.2, 0.25) is 0 Å². The molecule has 0 aromatic rings. The summed E-state index contributed by atoms with van der Waals surface area (Å²) in [6.45, 7) is 15.5. The van der Waals surface area contributed by atoms with Crippen LogP contribution in [0.5, 0.6) is 0 Å². The predicted molar refractivity (Wildman–Crippen MR) is 93.7 cm³/mol. The van der Waals surface area contributed by atoms with E-state index in [1.807, 2.05) is 0 Å². The molecule has 1 spiro atoms. The molecule has 0 N–H and O–H groups in total. The monoisotopic (exact) mass is 334 g/mol. The van der Waals surface area contributed by atoms with Crippen molar-refractivity contribution >= 4 is 20.9 Å². The lowest BCUT2D eigenvalue weighted by molar-refractivity contribution is -0.162. The topological polar surface area (TPSA) is 43.4 Å². The Morgan fingerprint density at radius 1 is 1.17 bits per heavy atom. The third-order valence-electron chi connectivity index (χ3n) is 7.76. The lowest BCUT2D eigenvalue weighted by Crippen LogP contribution is -2.66. The van der Waals surface area contributed by atoms with E-state index in [1.165, 1.54) is 0 Å². The fourth-order valence-corrected chi connectivity index (χ4v) is 6.83. The van der Waals surface area contributed by atoms with E-state index in [4.69, 9.17) is 4.43 Å². The minimum atomic E-state index is -1.96. The van der Waals surface area contributed by atoms with Crippen LogP contribution in [-0.4, -0.2) is 27.0 Å². The molecule has 4 aliphatic rings. The van der Waals surface area contributed by atoms with Crippen molar-refractivity contribution in [2.45, 2.75) is 77.1 Å². The first-order chi connectivity index (χ1) is 10.5. The van der Waals surface area contributed by atoms with Gasteiger partial charge in [-0.1, -0.05) is 45.8 Å². The molecule has 0 aliphatic heterocycles. The SMILES string of the molecule is C=C1[C@@]2(C=O)C[C@H](O[Si](C)(C)C(C)(C)C)[C@@]13CCCC[C@@]23C=O. The normalized spacial score (nSPS) is 42.8. The molecule has 4 atom stereocenters. The highest BCUT2D eigenvalue weighted by molar-refractivity contribution is 6.74. The fraction of sp³-hybridized carbons (Fsp3) is 0.789. The highest BCUT2D eigenvalue weighted by atomic mass is 28.4. The van der Waals surface area contributed by atoms with E-state index in [0.29, 0.717) is 6.42 Å². The predicted octanol–water partition coefficient (Wildman–Crippen LogP) is 4.28. The second-order valence-electron chi connectivity index (χ2n) is 9.41. The maximum atomic E-state index is 12.2. The fourth-order valence-electron chi connectivity index (χ4n) is 5.48. The molecule has 0 unspecified atom stereocenters. The van der Waals surface area contributed by atoms with Crippen molar-refractivity contribution in [2.24, 2.45) is 16.2 Å². The Hall–Kier alpha value is -0.743. The lowest BCUT2D eigenvalue weighted by Gasteiger charge is -2.65. The van der Waals surface area contributed by atoms with Crippen LogP contribution in [0.4, 0.5) is 0 Å². The van der Waals surface area contributed by atoms with Crippen LogP contribution in [0.2, 0.25) is 18.1 Å². The van der Waals surface area contributed by atoms with E-state index in [-0.39, 0.29) is 16.6 Å². The Morgan fingerprint density at radius 2 is 1.78 bits per heavy atom. The van der Waals surface area contributed by atoms with Gasteiger partial charge in [-0.05, 0) is 37.4 Å². The van der Waals surface area contributed by atoms with Crippen molar-refractivity contribution in [3.05, 3.63) is 12.2 Å². The number of fused-ring (bicyclic) bond motifs is 1. The van der Waals surface area contributed by atoms with Crippen LogP contribution in [-0.2, 0) is 14.0 Å². The van der Waals surface area contributed by atoms with Crippen LogP contribution in [0.15, 0.2) is 12.2 Å². The zero-order chi connectivity index (χ0) is 17.3. The number of rotatable bonds is 4. The van der Waals surface area contributed by atoms with Crippen molar-refractivity contribution in [3.63, 3.8) is 0 Å². The summed E-state index contributed by atoms with van der Waals surface area (Å²) in [6.07, 6.45) is 6.61. The zero-order valence-electron chi connectivity index (χ0n) is 15.2. The third-order valence-corrected chi connectivity index (χ3v) is 12.2. The van der Waals surface area contributed by atoms with Crippen LogP contribution in [0.3, 0.4) is 0 Å². The Kier molecular flexibility index (Phi) is 3.46. The summed E-state index contributed by atoms with van der Waals surface area (Å²) in [5.41, 5.74) is -0.522. The molecule has 4 rings (SSSR count). The smallest absolute Gasteiger partial charge is 0.192 e. The number of carbonyl (C=O) groups is 2. The van der Waals surface area contributed by atoms with Gasteiger partial charge in [-0.25, -0.2) is 0 Å². The molecule has 4 saturated carbocycles. The molecule has 0 heterocycles. The second kappa shape index (κ2) is 4.66. The molecule has 4 aliphatic carbocycles. The Labute approximate surface area is 141 Å². The number of hydrogen-bond donors (Lipinski definition) is 0. The van der Waals surface area contributed by atoms with Crippen molar-refractivity contribution in [1.82, 2.24) is 0 Å². The van der Waals surface area contributed by atoms with Crippen molar-refractivity contribution in [2.75, 3.05) is 0 Å². The first kappa shape index (κ1) is 17.1. The molecule has 0 amide bonds. The Morgan fingerprint density at radius 3 is 2.30 bits per heavy atom. The summed E-state index contributed by atoms with van der Waals surface area (Å²) < 4.78 is 6.76. The lowest BCUT2D eigenvalue weighted by atomic mass is 9.36. The molecular weight excluding hydrogens is 304 g/mol. The van der Waals surface area contributed by atoms with Crippen LogP contribution in [0, 0.1) is 16.2 Å². The first-order valence-corrected chi connectivity index (χ1v) is 11.8. The third kappa shape index (κ3) is 1.64. The van der Waals surface area contributed by atoms with Gasteiger partial charge < -0.3 is 14.0 Å². The van der Waals surface area contributed by atoms with Gasteiger partial charge in [0.1, 0.15) is 12.6 Å². The van der Waals surface area contributed by atoms with E-state index < -0.39 is 19.1 Å². The van der Waals surface area contributed by atoms with Gasteiger partial charge in [0.25, 0.3) is 0 Å². The molecule has 4 fully saturated rings. The van der Waals surface area contributed by atoms with E-state index in [1.54, 1.807) is 0 Å². The first-order valence-electron chi connectivity index (χ1n) is 8.85. The molecule has 128 valence electrons. The largest absolute Gasteiger partial charge is 0.413 e. The van der Waals surface area contributed by atoms with Crippen LogP contribution in [0.1, 0.15) is 52.9 Å². The van der Waals surface area contributed by atoms with E-state index in [9.17, 15) is 9.59 Å². The number of hydrogen-bond acceptors (Lipinski definition) is 3. The average Bonchev–Trinajstić information content (AvgIpc) is 2.87. The van der Waals surface area contributed by atoms with E-state index in [2.05, 4.69) is 40.4 Å². The quantitative estimate of drug-likeness (QED) is 0.438. The average molecular weight is 335 g/mol. The summed E-state index contributed by atoms with van der Waals surface area (Å²) >= 11 is 0. The second-order valence-corrected chi connectivity index (χ2v) is 14.2. The molecular formula is C19H30O3Si. The minimum absolute atomic E-state index is 0.0217. The van der Waals surface area contributed by atoms with Crippen molar-refractivity contribution < 1.29 is 14.0 Å². The summed E-state index contributed by atoms with van der Waals surface area (Å²) in [5, 5.41) is 0.116. The van der Waals surface area contributed by atoms with E-state index >= 15 is 0 Å². The van der Waals surface area contributed by atoms with Crippen molar-refractivity contribution in [1.29, 1.82) is 0 Å². The number of aldehydes is 2. The summed E-state index contributed by atoms with van der Waals surface area (Å²) in [7, 11) is -1.96. The van der Waals surface area contributed by atoms with Gasteiger partial charge in [-0.3, -0.25) is 0 Å². The summed E-state index contributed by atoms with van der Waals surface area (Å²) in [6, 6.07) is 0. The molecule has 0 aromatic carbocycles. The Bertz CT molecular complexity index is 576. The van der Waals surface area contributed by atoms with Gasteiger partial charge >= 0.3 is 0 Å². The standard InChI is InChI=1S/C19H30O3Si/c1-14-17(12-20)11-15(22-23(5,6)16(2,3)4)19(14)10-8-7-9-18(17,19)13-21/h12-13,15H,1,7-11H2,2-6H3/t15-,17-,18+,19+/m0/s1. The Balaban J connectivity index is 2.04. The molecule has 0 saturated heterocycles. The van der Waals surface area contributed by atoms with Gasteiger partial charge in [0.15, 0.2) is 8.32 Å². The van der Waals surface area contributed by atoms with Crippen molar-refractivity contribution in [3.8, 4) is 0 Å². The summed E-state index contributed by atoms with van der Waals surface area (Å²) in [5.74, 6) is 0. The maximum Gasteiger partial charge on any atom is 0.192 e. The molecule has 0 aromatic heterocycles. The molecule has 2 bridgehead atoms. The number of carbonyl (C=O) groups excluding carboxylic acids is 2. The molecule has 4 heteroatoms. The van der Waals surface area contributed by atoms with Gasteiger partial charge in [0, 0.05) is 5.41 Å². The van der Waals surface area contributed by atoms with Gasteiger partial charge in [0.05, 0.1) is 16.9 Å². The van der Waals surface area contributed by atoms with E-state index in [0.717, 1.165) is 43.8 Å². The zero-order valence-corrected chi connectivity index (χ0v) is 16.2. The van der Waals surface area contributed by atoms with Crippen LogP contribution >= 0.6 is 0 Å². The maximum absolute atomic E-state index is 12.2.